The van der Waals surface area contributed by atoms with Crippen molar-refractivity contribution < 1.29 is 4.79 Å². The monoisotopic (exact) mass is 540 g/mol. The number of thiazole rings is 1. The molecular formula is C29H24N4OS3. The summed E-state index contributed by atoms with van der Waals surface area (Å²) in [7, 11) is 0. The predicted molar refractivity (Wildman–Crippen MR) is 161 cm³/mol. The van der Waals surface area contributed by atoms with Crippen LogP contribution in [0.3, 0.4) is 0 Å². The van der Waals surface area contributed by atoms with Crippen LogP contribution in [-0.4, -0.2) is 16.0 Å². The summed E-state index contributed by atoms with van der Waals surface area (Å²) in [6, 6.07) is 33.5. The van der Waals surface area contributed by atoms with Crippen LogP contribution in [0.1, 0.15) is 16.4 Å². The molecule has 1 heterocycles. The van der Waals surface area contributed by atoms with Gasteiger partial charge in [-0.2, -0.15) is 0 Å². The molecule has 1 unspecified atom stereocenters. The standard InChI is InChI=1S/C29H24N4OS3/c1-19-15-16-24-25(17-19)37-29(32-24)33-27(34)26(20-9-4-2-5-10-20)36-23-14-8-13-22(18-23)31-28(35)30-21-11-6-3-7-12-21/h2-18,26H,1H3,(H2,30,31,35)(H,32,33,34). The number of carbonyl (C=O) groups is 1. The van der Waals surface area contributed by atoms with E-state index in [0.717, 1.165) is 32.1 Å². The summed E-state index contributed by atoms with van der Waals surface area (Å²) in [6.07, 6.45) is 0. The number of benzene rings is 4. The van der Waals surface area contributed by atoms with Gasteiger partial charge in [-0.05, 0) is 72.7 Å². The van der Waals surface area contributed by atoms with Crippen molar-refractivity contribution in [2.45, 2.75) is 17.1 Å². The Hall–Kier alpha value is -3.72. The zero-order valence-corrected chi connectivity index (χ0v) is 22.4. The van der Waals surface area contributed by atoms with E-state index in [1.807, 2.05) is 104 Å². The van der Waals surface area contributed by atoms with E-state index in [9.17, 15) is 4.79 Å². The van der Waals surface area contributed by atoms with Crippen molar-refractivity contribution in [2.24, 2.45) is 0 Å². The molecule has 1 amide bonds. The Morgan fingerprint density at radius 2 is 1.54 bits per heavy atom. The molecule has 5 rings (SSSR count). The van der Waals surface area contributed by atoms with Gasteiger partial charge in [0, 0.05) is 16.3 Å². The first-order valence-electron chi connectivity index (χ1n) is 11.7. The molecule has 0 fully saturated rings. The van der Waals surface area contributed by atoms with E-state index in [1.54, 1.807) is 0 Å². The third-order valence-corrected chi connectivity index (χ3v) is 7.88. The summed E-state index contributed by atoms with van der Waals surface area (Å²) >= 11 is 8.45. The average molecular weight is 541 g/mol. The Morgan fingerprint density at radius 1 is 0.838 bits per heavy atom. The van der Waals surface area contributed by atoms with Crippen molar-refractivity contribution in [1.29, 1.82) is 0 Å². The molecule has 0 saturated carbocycles. The van der Waals surface area contributed by atoms with E-state index in [1.165, 1.54) is 28.7 Å². The number of rotatable bonds is 7. The fourth-order valence-electron chi connectivity index (χ4n) is 3.76. The van der Waals surface area contributed by atoms with Crippen molar-refractivity contribution in [2.75, 3.05) is 16.0 Å². The van der Waals surface area contributed by atoms with Gasteiger partial charge in [0.05, 0.1) is 10.2 Å². The summed E-state index contributed by atoms with van der Waals surface area (Å²) in [6.45, 7) is 2.05. The fraction of sp³-hybridized carbons (Fsp3) is 0.0690. The highest BCUT2D eigenvalue weighted by Gasteiger charge is 2.23. The van der Waals surface area contributed by atoms with Crippen LogP contribution >= 0.6 is 35.3 Å². The molecule has 0 aliphatic heterocycles. The van der Waals surface area contributed by atoms with E-state index < -0.39 is 5.25 Å². The van der Waals surface area contributed by atoms with Crippen molar-refractivity contribution in [3.8, 4) is 0 Å². The van der Waals surface area contributed by atoms with Crippen molar-refractivity contribution in [1.82, 2.24) is 4.98 Å². The Labute approximate surface area is 229 Å². The molecule has 0 radical (unpaired) electrons. The number of carbonyl (C=O) groups excluding carboxylic acids is 1. The molecule has 8 heteroatoms. The number of aryl methyl sites for hydroxylation is 1. The molecular weight excluding hydrogens is 517 g/mol. The molecule has 4 aromatic carbocycles. The summed E-state index contributed by atoms with van der Waals surface area (Å²) < 4.78 is 1.05. The van der Waals surface area contributed by atoms with E-state index in [2.05, 4.69) is 27.0 Å². The first-order valence-corrected chi connectivity index (χ1v) is 13.8. The van der Waals surface area contributed by atoms with Crippen LogP contribution < -0.4 is 16.0 Å². The third kappa shape index (κ3) is 6.54. The van der Waals surface area contributed by atoms with Gasteiger partial charge >= 0.3 is 0 Å². The molecule has 3 N–H and O–H groups in total. The first-order chi connectivity index (χ1) is 18.0. The van der Waals surface area contributed by atoms with Crippen molar-refractivity contribution in [3.05, 3.63) is 114 Å². The molecule has 1 atom stereocenters. The second-order valence-corrected chi connectivity index (χ2v) is 11.0. The van der Waals surface area contributed by atoms with Gasteiger partial charge in [0.25, 0.3) is 0 Å². The van der Waals surface area contributed by atoms with Gasteiger partial charge in [0.2, 0.25) is 5.91 Å². The Kier molecular flexibility index (Phi) is 7.79. The Balaban J connectivity index is 1.33. The van der Waals surface area contributed by atoms with Gasteiger partial charge in [-0.15, -0.1) is 11.8 Å². The maximum absolute atomic E-state index is 13.5. The number of hydrogen-bond donors (Lipinski definition) is 3. The Morgan fingerprint density at radius 3 is 2.32 bits per heavy atom. The number of thiocarbonyl (C=S) groups is 1. The van der Waals surface area contributed by atoms with Crippen LogP contribution in [0, 0.1) is 6.92 Å². The van der Waals surface area contributed by atoms with E-state index in [-0.39, 0.29) is 5.91 Å². The molecule has 184 valence electrons. The minimum absolute atomic E-state index is 0.119. The van der Waals surface area contributed by atoms with Gasteiger partial charge in [-0.1, -0.05) is 72.0 Å². The molecule has 5 aromatic rings. The van der Waals surface area contributed by atoms with Crippen LogP contribution in [-0.2, 0) is 4.79 Å². The van der Waals surface area contributed by atoms with Crippen molar-refractivity contribution in [3.63, 3.8) is 0 Å². The highest BCUT2D eigenvalue weighted by Crippen LogP contribution is 2.38. The van der Waals surface area contributed by atoms with Gasteiger partial charge in [0.1, 0.15) is 5.25 Å². The van der Waals surface area contributed by atoms with Crippen LogP contribution in [0.2, 0.25) is 0 Å². The number of fused-ring (bicyclic) bond motifs is 1. The zero-order valence-electron chi connectivity index (χ0n) is 20.0. The van der Waals surface area contributed by atoms with Crippen molar-refractivity contribution >= 4 is 73.1 Å². The van der Waals surface area contributed by atoms with Crippen LogP contribution in [0.4, 0.5) is 16.5 Å². The minimum atomic E-state index is -0.459. The van der Waals surface area contributed by atoms with Crippen LogP contribution in [0.25, 0.3) is 10.2 Å². The normalized spacial score (nSPS) is 11.6. The topological polar surface area (TPSA) is 66.0 Å². The maximum atomic E-state index is 13.5. The van der Waals surface area contributed by atoms with E-state index >= 15 is 0 Å². The molecule has 0 aliphatic carbocycles. The molecule has 5 nitrogen and oxygen atoms in total. The van der Waals surface area contributed by atoms with E-state index in [4.69, 9.17) is 12.2 Å². The lowest BCUT2D eigenvalue weighted by Crippen LogP contribution is -2.19. The summed E-state index contributed by atoms with van der Waals surface area (Å²) in [5.74, 6) is -0.119. The number of amides is 1. The number of thioether (sulfide) groups is 1. The maximum Gasteiger partial charge on any atom is 0.244 e. The largest absolute Gasteiger partial charge is 0.332 e. The number of nitrogens with one attached hydrogen (secondary N) is 3. The van der Waals surface area contributed by atoms with Crippen LogP contribution in [0.15, 0.2) is 108 Å². The van der Waals surface area contributed by atoms with Gasteiger partial charge in [0.15, 0.2) is 10.2 Å². The second kappa shape index (κ2) is 11.6. The number of aromatic nitrogens is 1. The fourth-order valence-corrected chi connectivity index (χ4v) is 6.04. The smallest absolute Gasteiger partial charge is 0.244 e. The second-order valence-electron chi connectivity index (χ2n) is 8.36. The lowest BCUT2D eigenvalue weighted by molar-refractivity contribution is -0.115. The third-order valence-electron chi connectivity index (χ3n) is 5.49. The lowest BCUT2D eigenvalue weighted by Gasteiger charge is -2.17. The summed E-state index contributed by atoms with van der Waals surface area (Å²) in [5, 5.41) is 10.1. The number of para-hydroxylation sites is 1. The van der Waals surface area contributed by atoms with Gasteiger partial charge in [-0.25, -0.2) is 4.98 Å². The molecule has 0 aliphatic rings. The average Bonchev–Trinajstić information content (AvgIpc) is 3.29. The number of anilines is 3. The summed E-state index contributed by atoms with van der Waals surface area (Å²) in [4.78, 5) is 19.1. The quantitative estimate of drug-likeness (QED) is 0.144. The lowest BCUT2D eigenvalue weighted by atomic mass is 10.1. The predicted octanol–water partition coefficient (Wildman–Crippen LogP) is 7.89. The highest BCUT2D eigenvalue weighted by atomic mass is 32.2. The first kappa shape index (κ1) is 25.0. The van der Waals surface area contributed by atoms with E-state index in [0.29, 0.717) is 10.2 Å². The molecule has 1 aromatic heterocycles. The molecule has 0 spiro atoms. The SMILES string of the molecule is Cc1ccc2nc(NC(=O)C(Sc3cccc(NC(=S)Nc4ccccc4)c3)c3ccccc3)sc2c1. The zero-order chi connectivity index (χ0) is 25.6. The number of nitrogens with zero attached hydrogens (tertiary/aromatic N) is 1. The molecule has 0 saturated heterocycles. The molecule has 37 heavy (non-hydrogen) atoms. The van der Waals surface area contributed by atoms with Gasteiger partial charge in [-0.3, -0.25) is 4.79 Å². The Bertz CT molecular complexity index is 1540. The van der Waals surface area contributed by atoms with Gasteiger partial charge < -0.3 is 16.0 Å². The number of hydrogen-bond acceptors (Lipinski definition) is 5. The highest BCUT2D eigenvalue weighted by molar-refractivity contribution is 8.00. The summed E-state index contributed by atoms with van der Waals surface area (Å²) in [5.41, 5.74) is 4.72. The minimum Gasteiger partial charge on any atom is -0.332 e. The van der Waals surface area contributed by atoms with Crippen LogP contribution in [0.5, 0.6) is 0 Å². The molecule has 0 bridgehead atoms.